The summed E-state index contributed by atoms with van der Waals surface area (Å²) < 4.78 is 34.9. The lowest BCUT2D eigenvalue weighted by atomic mass is 10.2. The zero-order valence-electron chi connectivity index (χ0n) is 19.0. The van der Waals surface area contributed by atoms with Gasteiger partial charge >= 0.3 is 0 Å². The Morgan fingerprint density at radius 1 is 0.861 bits per heavy atom. The van der Waals surface area contributed by atoms with Crippen LogP contribution in [-0.2, 0) is 21.4 Å². The Kier molecular flexibility index (Phi) is 8.43. The van der Waals surface area contributed by atoms with Gasteiger partial charge in [-0.15, -0.1) is 0 Å². The topological polar surface area (TPSA) is 75.7 Å². The molecule has 0 atom stereocenters. The third-order valence-corrected chi connectivity index (χ3v) is 7.76. The van der Waals surface area contributed by atoms with Gasteiger partial charge in [0.2, 0.25) is 15.9 Å². The van der Waals surface area contributed by atoms with Gasteiger partial charge in [-0.3, -0.25) is 4.79 Å². The second kappa shape index (κ2) is 11.7. The van der Waals surface area contributed by atoms with E-state index < -0.39 is 22.5 Å². The first-order chi connectivity index (χ1) is 17.3. The number of benzene rings is 4. The van der Waals surface area contributed by atoms with Crippen LogP contribution >= 0.6 is 27.5 Å². The van der Waals surface area contributed by atoms with Crippen LogP contribution in [0.5, 0.6) is 11.5 Å². The van der Waals surface area contributed by atoms with Crippen LogP contribution in [0.15, 0.2) is 112 Å². The van der Waals surface area contributed by atoms with Gasteiger partial charge in [0.15, 0.2) is 5.75 Å². The van der Waals surface area contributed by atoms with Gasteiger partial charge in [-0.25, -0.2) is 8.42 Å². The van der Waals surface area contributed by atoms with E-state index in [1.54, 1.807) is 48.5 Å². The summed E-state index contributed by atoms with van der Waals surface area (Å²) in [6.07, 6.45) is 0. The van der Waals surface area contributed by atoms with Crippen LogP contribution in [0.3, 0.4) is 0 Å². The SMILES string of the molecule is O=C(CN(Cc1ccc(Br)cc1)S(=O)(=O)c1ccc(Cl)cc1)Nc1ccccc1Oc1ccccc1. The molecule has 0 bridgehead atoms. The quantitative estimate of drug-likeness (QED) is 0.236. The van der Waals surface area contributed by atoms with Crippen LogP contribution in [0.4, 0.5) is 5.69 Å². The van der Waals surface area contributed by atoms with Gasteiger partial charge in [0.1, 0.15) is 5.75 Å². The molecule has 0 saturated heterocycles. The fourth-order valence-corrected chi connectivity index (χ4v) is 5.17. The molecule has 0 aliphatic rings. The fraction of sp³-hybridized carbons (Fsp3) is 0.0741. The molecule has 184 valence electrons. The molecule has 0 unspecified atom stereocenters. The lowest BCUT2D eigenvalue weighted by Gasteiger charge is -2.22. The van der Waals surface area contributed by atoms with Crippen LogP contribution in [0, 0.1) is 0 Å². The summed E-state index contributed by atoms with van der Waals surface area (Å²) in [4.78, 5) is 13.1. The second-order valence-corrected chi connectivity index (χ2v) is 11.1. The molecular formula is C27H22BrClN2O4S. The van der Waals surface area contributed by atoms with E-state index in [0.717, 1.165) is 14.3 Å². The molecule has 0 radical (unpaired) electrons. The van der Waals surface area contributed by atoms with Crippen molar-refractivity contribution in [2.24, 2.45) is 0 Å². The number of ether oxygens (including phenoxy) is 1. The van der Waals surface area contributed by atoms with E-state index >= 15 is 0 Å². The molecule has 4 aromatic carbocycles. The molecule has 4 aromatic rings. The molecule has 0 aliphatic carbocycles. The molecule has 0 heterocycles. The van der Waals surface area contributed by atoms with Crippen molar-refractivity contribution in [3.05, 3.63) is 118 Å². The van der Waals surface area contributed by atoms with Gasteiger partial charge < -0.3 is 10.1 Å². The largest absolute Gasteiger partial charge is 0.455 e. The minimum absolute atomic E-state index is 0.00776. The number of sulfonamides is 1. The summed E-state index contributed by atoms with van der Waals surface area (Å²) in [5.41, 5.74) is 1.16. The number of amides is 1. The van der Waals surface area contributed by atoms with Crippen LogP contribution in [0.2, 0.25) is 5.02 Å². The number of halogens is 2. The van der Waals surface area contributed by atoms with Crippen molar-refractivity contribution in [2.75, 3.05) is 11.9 Å². The van der Waals surface area contributed by atoms with Crippen molar-refractivity contribution in [1.82, 2.24) is 4.31 Å². The van der Waals surface area contributed by atoms with Crippen molar-refractivity contribution in [2.45, 2.75) is 11.4 Å². The van der Waals surface area contributed by atoms with Gasteiger partial charge in [0, 0.05) is 16.0 Å². The highest BCUT2D eigenvalue weighted by molar-refractivity contribution is 9.10. The van der Waals surface area contributed by atoms with Gasteiger partial charge in [-0.2, -0.15) is 4.31 Å². The number of nitrogens with zero attached hydrogens (tertiary/aromatic N) is 1. The minimum atomic E-state index is -4.00. The van der Waals surface area contributed by atoms with Crippen molar-refractivity contribution in [1.29, 1.82) is 0 Å². The molecule has 1 amide bonds. The first-order valence-corrected chi connectivity index (χ1v) is 13.5. The van der Waals surface area contributed by atoms with E-state index in [2.05, 4.69) is 21.2 Å². The Labute approximate surface area is 223 Å². The lowest BCUT2D eigenvalue weighted by molar-refractivity contribution is -0.116. The van der Waals surface area contributed by atoms with E-state index in [1.807, 2.05) is 30.3 Å². The molecule has 4 rings (SSSR count). The summed E-state index contributed by atoms with van der Waals surface area (Å²) >= 11 is 9.33. The Hall–Kier alpha value is -3.17. The Morgan fingerprint density at radius 2 is 1.50 bits per heavy atom. The Bertz CT molecular complexity index is 1430. The standard InChI is InChI=1S/C27H22BrClN2O4S/c28-21-12-10-20(11-13-21)18-31(36(33,34)24-16-14-22(29)15-17-24)19-27(32)30-25-8-4-5-9-26(25)35-23-6-2-1-3-7-23/h1-17H,18-19H2,(H,30,32). The number of carbonyl (C=O) groups excluding carboxylic acids is 1. The molecular weight excluding hydrogens is 564 g/mol. The van der Waals surface area contributed by atoms with Crippen LogP contribution in [-0.4, -0.2) is 25.2 Å². The fourth-order valence-electron chi connectivity index (χ4n) is 3.40. The molecule has 36 heavy (non-hydrogen) atoms. The van der Waals surface area contributed by atoms with Crippen molar-refractivity contribution < 1.29 is 17.9 Å². The van der Waals surface area contributed by atoms with Crippen LogP contribution in [0.25, 0.3) is 0 Å². The number of anilines is 1. The van der Waals surface area contributed by atoms with Gasteiger partial charge in [0.25, 0.3) is 0 Å². The number of para-hydroxylation sites is 3. The smallest absolute Gasteiger partial charge is 0.243 e. The molecule has 0 aromatic heterocycles. The highest BCUT2D eigenvalue weighted by Crippen LogP contribution is 2.29. The predicted octanol–water partition coefficient (Wildman–Crippen LogP) is 6.72. The average molecular weight is 586 g/mol. The molecule has 1 N–H and O–H groups in total. The van der Waals surface area contributed by atoms with Gasteiger partial charge in [-0.05, 0) is 66.2 Å². The molecule has 0 aliphatic heterocycles. The number of hydrogen-bond acceptors (Lipinski definition) is 4. The summed E-state index contributed by atoms with van der Waals surface area (Å²) in [5.74, 6) is 0.548. The summed E-state index contributed by atoms with van der Waals surface area (Å²) in [5, 5.41) is 3.21. The normalized spacial score (nSPS) is 11.3. The monoisotopic (exact) mass is 584 g/mol. The van der Waals surface area contributed by atoms with E-state index in [0.29, 0.717) is 22.2 Å². The maximum Gasteiger partial charge on any atom is 0.243 e. The zero-order chi connectivity index (χ0) is 25.5. The van der Waals surface area contributed by atoms with Crippen molar-refractivity contribution in [3.8, 4) is 11.5 Å². The maximum absolute atomic E-state index is 13.5. The third-order valence-electron chi connectivity index (χ3n) is 5.18. The van der Waals surface area contributed by atoms with E-state index in [9.17, 15) is 13.2 Å². The first-order valence-electron chi connectivity index (χ1n) is 10.9. The highest BCUT2D eigenvalue weighted by Gasteiger charge is 2.27. The number of nitrogens with one attached hydrogen (secondary N) is 1. The Morgan fingerprint density at radius 3 is 2.19 bits per heavy atom. The van der Waals surface area contributed by atoms with Crippen LogP contribution in [0.1, 0.15) is 5.56 Å². The van der Waals surface area contributed by atoms with E-state index in [1.165, 1.54) is 24.3 Å². The summed E-state index contributed by atoms with van der Waals surface area (Å²) in [6, 6.07) is 29.2. The maximum atomic E-state index is 13.5. The zero-order valence-corrected chi connectivity index (χ0v) is 22.1. The van der Waals surface area contributed by atoms with Crippen molar-refractivity contribution >= 4 is 49.1 Å². The average Bonchev–Trinajstić information content (AvgIpc) is 2.87. The molecule has 0 fully saturated rings. The highest BCUT2D eigenvalue weighted by atomic mass is 79.9. The van der Waals surface area contributed by atoms with Crippen molar-refractivity contribution in [3.63, 3.8) is 0 Å². The lowest BCUT2D eigenvalue weighted by Crippen LogP contribution is -2.37. The number of carbonyl (C=O) groups is 1. The Balaban J connectivity index is 1.57. The number of hydrogen-bond donors (Lipinski definition) is 1. The van der Waals surface area contributed by atoms with Crippen LogP contribution < -0.4 is 10.1 Å². The molecule has 0 saturated carbocycles. The van der Waals surface area contributed by atoms with Gasteiger partial charge in [0.05, 0.1) is 17.1 Å². The molecule has 6 nitrogen and oxygen atoms in total. The summed E-state index contributed by atoms with van der Waals surface area (Å²) in [7, 11) is -4.00. The van der Waals surface area contributed by atoms with Gasteiger partial charge in [-0.1, -0.05) is 70.0 Å². The third kappa shape index (κ3) is 6.73. The second-order valence-electron chi connectivity index (χ2n) is 7.81. The van der Waals surface area contributed by atoms with E-state index in [4.69, 9.17) is 16.3 Å². The molecule has 0 spiro atoms. The predicted molar refractivity (Wildman–Crippen MR) is 145 cm³/mol. The first kappa shape index (κ1) is 25.9. The van der Waals surface area contributed by atoms with E-state index in [-0.39, 0.29) is 11.4 Å². The minimum Gasteiger partial charge on any atom is -0.455 e. The number of rotatable bonds is 9. The summed E-state index contributed by atoms with van der Waals surface area (Å²) in [6.45, 7) is -0.394. The molecule has 9 heteroatoms.